The summed E-state index contributed by atoms with van der Waals surface area (Å²) >= 11 is 2.78. The second kappa shape index (κ2) is 4.00. The smallest absolute Gasteiger partial charge is 0.341 e. The van der Waals surface area contributed by atoms with Gasteiger partial charge in [0.2, 0.25) is 0 Å². The summed E-state index contributed by atoms with van der Waals surface area (Å²) in [5.41, 5.74) is 6.88. The highest BCUT2D eigenvalue weighted by molar-refractivity contribution is 7.16. The minimum Gasteiger partial charge on any atom is -0.465 e. The molecule has 2 aromatic heterocycles. The maximum atomic E-state index is 11.5. The Kier molecular flexibility index (Phi) is 2.70. The highest BCUT2D eigenvalue weighted by Gasteiger charge is 2.20. The fraction of sp³-hybridized carbons (Fsp3) is 0.111. The quantitative estimate of drug-likeness (QED) is 0.817. The molecule has 2 aromatic rings. The van der Waals surface area contributed by atoms with E-state index in [-0.39, 0.29) is 0 Å². The predicted octanol–water partition coefficient (Wildman–Crippen LogP) is 2.24. The lowest BCUT2D eigenvalue weighted by Gasteiger charge is -2.00. The van der Waals surface area contributed by atoms with E-state index in [4.69, 9.17) is 5.73 Å². The van der Waals surface area contributed by atoms with Gasteiger partial charge >= 0.3 is 5.97 Å². The average molecular weight is 240 g/mol. The Morgan fingerprint density at radius 3 is 2.93 bits per heavy atom. The predicted molar refractivity (Wildman–Crippen MR) is 61.2 cm³/mol. The van der Waals surface area contributed by atoms with Crippen molar-refractivity contribution in [3.8, 4) is 10.6 Å². The number of carbonyl (C=O) groups excluding carboxylic acids is 1. The number of nitrogens with two attached hydrogens (primary N) is 1. The summed E-state index contributed by atoms with van der Waals surface area (Å²) in [5, 5.41) is 4.92. The van der Waals surface area contributed by atoms with Gasteiger partial charge in [-0.25, -0.2) is 9.78 Å². The van der Waals surface area contributed by atoms with Gasteiger partial charge in [0, 0.05) is 22.5 Å². The third-order valence-corrected chi connectivity index (χ3v) is 3.49. The molecule has 0 aliphatic heterocycles. The molecule has 78 valence electrons. The summed E-state index contributed by atoms with van der Waals surface area (Å²) in [6.45, 7) is 0. The van der Waals surface area contributed by atoms with Gasteiger partial charge in [-0.05, 0) is 0 Å². The molecule has 2 rings (SSSR count). The molecule has 0 spiro atoms. The highest BCUT2D eigenvalue weighted by Crippen LogP contribution is 2.34. The van der Waals surface area contributed by atoms with Crippen LogP contribution in [0.25, 0.3) is 10.6 Å². The van der Waals surface area contributed by atoms with E-state index in [0.717, 1.165) is 10.6 Å². The number of thiophene rings is 1. The highest BCUT2D eigenvalue weighted by atomic mass is 32.1. The van der Waals surface area contributed by atoms with Crippen molar-refractivity contribution >= 4 is 33.6 Å². The third kappa shape index (κ3) is 1.73. The molecule has 2 heterocycles. The van der Waals surface area contributed by atoms with Crippen LogP contribution in [0, 0.1) is 0 Å². The molecule has 0 aliphatic rings. The summed E-state index contributed by atoms with van der Waals surface area (Å²) < 4.78 is 4.68. The molecule has 0 saturated carbocycles. The first kappa shape index (κ1) is 10.1. The van der Waals surface area contributed by atoms with Gasteiger partial charge in [0.05, 0.1) is 7.11 Å². The number of aromatic nitrogens is 1. The van der Waals surface area contributed by atoms with Crippen LogP contribution < -0.4 is 5.73 Å². The Balaban J connectivity index is 2.54. The van der Waals surface area contributed by atoms with E-state index in [2.05, 4.69) is 9.72 Å². The van der Waals surface area contributed by atoms with Crippen molar-refractivity contribution in [1.82, 2.24) is 4.98 Å². The second-order valence-corrected chi connectivity index (χ2v) is 4.52. The summed E-state index contributed by atoms with van der Waals surface area (Å²) in [6.07, 6.45) is 1.69. The number of nitrogens with zero attached hydrogens (tertiary/aromatic N) is 1. The minimum atomic E-state index is -0.418. The van der Waals surface area contributed by atoms with Crippen molar-refractivity contribution < 1.29 is 9.53 Å². The first-order valence-corrected chi connectivity index (χ1v) is 5.85. The van der Waals surface area contributed by atoms with Gasteiger partial charge in [-0.15, -0.1) is 22.7 Å². The molecular formula is C9H8N2O2S2. The van der Waals surface area contributed by atoms with Crippen molar-refractivity contribution in [3.05, 3.63) is 22.5 Å². The third-order valence-electron chi connectivity index (χ3n) is 1.87. The van der Waals surface area contributed by atoms with Gasteiger partial charge < -0.3 is 10.5 Å². The molecule has 0 amide bonds. The van der Waals surface area contributed by atoms with Crippen LogP contribution in [0.3, 0.4) is 0 Å². The van der Waals surface area contributed by atoms with Crippen molar-refractivity contribution in [2.45, 2.75) is 0 Å². The standard InChI is InChI=1S/C9H8N2O2S2/c1-13-9(12)6-5(4-15-7(6)10)8-11-2-3-14-8/h2-4H,10H2,1H3. The zero-order valence-corrected chi connectivity index (χ0v) is 9.52. The van der Waals surface area contributed by atoms with Gasteiger partial charge in [-0.2, -0.15) is 0 Å². The molecule has 15 heavy (non-hydrogen) atoms. The molecule has 0 aliphatic carbocycles. The van der Waals surface area contributed by atoms with Crippen LogP contribution >= 0.6 is 22.7 Å². The van der Waals surface area contributed by atoms with Crippen LogP contribution in [0.1, 0.15) is 10.4 Å². The number of thiazole rings is 1. The second-order valence-electron chi connectivity index (χ2n) is 2.72. The number of methoxy groups -OCH3 is 1. The first-order chi connectivity index (χ1) is 7.24. The zero-order chi connectivity index (χ0) is 10.8. The van der Waals surface area contributed by atoms with E-state index in [9.17, 15) is 4.79 Å². The number of carbonyl (C=O) groups is 1. The SMILES string of the molecule is COC(=O)c1c(-c2nccs2)csc1N. The Hall–Kier alpha value is -1.40. The van der Waals surface area contributed by atoms with Crippen molar-refractivity contribution in [2.75, 3.05) is 12.8 Å². The molecule has 0 fully saturated rings. The fourth-order valence-electron chi connectivity index (χ4n) is 1.20. The molecule has 0 unspecified atom stereocenters. The van der Waals surface area contributed by atoms with Crippen LogP contribution in [0.4, 0.5) is 5.00 Å². The maximum Gasteiger partial charge on any atom is 0.341 e. The molecule has 0 aromatic carbocycles. The van der Waals surface area contributed by atoms with E-state index in [1.807, 2.05) is 10.8 Å². The maximum absolute atomic E-state index is 11.5. The normalized spacial score (nSPS) is 10.2. The zero-order valence-electron chi connectivity index (χ0n) is 7.89. The largest absolute Gasteiger partial charge is 0.465 e. The Morgan fingerprint density at radius 1 is 1.53 bits per heavy atom. The van der Waals surface area contributed by atoms with E-state index in [1.165, 1.54) is 29.8 Å². The summed E-state index contributed by atoms with van der Waals surface area (Å²) in [6, 6.07) is 0. The summed E-state index contributed by atoms with van der Waals surface area (Å²) in [4.78, 5) is 15.6. The number of rotatable bonds is 2. The van der Waals surface area contributed by atoms with Gasteiger partial charge in [0.25, 0.3) is 0 Å². The van der Waals surface area contributed by atoms with Gasteiger partial charge in [0.15, 0.2) is 0 Å². The first-order valence-electron chi connectivity index (χ1n) is 4.09. The molecule has 6 heteroatoms. The molecule has 4 nitrogen and oxygen atoms in total. The van der Waals surface area contributed by atoms with Crippen molar-refractivity contribution in [2.24, 2.45) is 0 Å². The molecule has 0 radical (unpaired) electrons. The van der Waals surface area contributed by atoms with Crippen LogP contribution in [0.2, 0.25) is 0 Å². The number of hydrogen-bond donors (Lipinski definition) is 1. The Bertz CT molecular complexity index is 476. The summed E-state index contributed by atoms with van der Waals surface area (Å²) in [5.74, 6) is -0.418. The molecule has 0 atom stereocenters. The topological polar surface area (TPSA) is 65.2 Å². The van der Waals surface area contributed by atoms with Crippen LogP contribution in [0.5, 0.6) is 0 Å². The van der Waals surface area contributed by atoms with E-state index in [1.54, 1.807) is 6.20 Å². The minimum absolute atomic E-state index is 0.414. The van der Waals surface area contributed by atoms with E-state index < -0.39 is 5.97 Å². The Morgan fingerprint density at radius 2 is 2.33 bits per heavy atom. The molecule has 0 saturated heterocycles. The number of esters is 1. The number of hydrogen-bond acceptors (Lipinski definition) is 6. The Labute approximate surface area is 94.3 Å². The molecular weight excluding hydrogens is 232 g/mol. The van der Waals surface area contributed by atoms with Crippen molar-refractivity contribution in [3.63, 3.8) is 0 Å². The number of anilines is 1. The number of nitrogen functional groups attached to an aromatic ring is 1. The summed E-state index contributed by atoms with van der Waals surface area (Å²) in [7, 11) is 1.34. The van der Waals surface area contributed by atoms with Gasteiger partial charge in [0.1, 0.15) is 15.6 Å². The van der Waals surface area contributed by atoms with Crippen LogP contribution in [-0.4, -0.2) is 18.1 Å². The van der Waals surface area contributed by atoms with Crippen molar-refractivity contribution in [1.29, 1.82) is 0 Å². The van der Waals surface area contributed by atoms with E-state index >= 15 is 0 Å². The number of ether oxygens (including phenoxy) is 1. The van der Waals surface area contributed by atoms with E-state index in [0.29, 0.717) is 10.6 Å². The lowest BCUT2D eigenvalue weighted by Crippen LogP contribution is -2.04. The lowest BCUT2D eigenvalue weighted by molar-refractivity contribution is 0.0603. The monoisotopic (exact) mass is 240 g/mol. The van der Waals surface area contributed by atoms with Crippen LogP contribution in [0.15, 0.2) is 17.0 Å². The average Bonchev–Trinajstić information content (AvgIpc) is 2.85. The van der Waals surface area contributed by atoms with Gasteiger partial charge in [-0.1, -0.05) is 0 Å². The molecule has 2 N–H and O–H groups in total. The van der Waals surface area contributed by atoms with Gasteiger partial charge in [-0.3, -0.25) is 0 Å². The fourth-order valence-corrected chi connectivity index (χ4v) is 2.72. The molecule has 0 bridgehead atoms. The lowest BCUT2D eigenvalue weighted by atomic mass is 10.2. The van der Waals surface area contributed by atoms with Crippen LogP contribution in [-0.2, 0) is 4.74 Å².